The smallest absolute Gasteiger partial charge is 0.407 e. The van der Waals surface area contributed by atoms with Gasteiger partial charge in [-0.1, -0.05) is 12.1 Å². The van der Waals surface area contributed by atoms with Gasteiger partial charge in [0.25, 0.3) is 11.8 Å². The lowest BCUT2D eigenvalue weighted by molar-refractivity contribution is 0.0556. The lowest BCUT2D eigenvalue weighted by Gasteiger charge is -2.35. The van der Waals surface area contributed by atoms with Crippen LogP contribution in [0.2, 0.25) is 0 Å². The number of rotatable bonds is 2. The molecule has 7 heteroatoms. The van der Waals surface area contributed by atoms with Crippen LogP contribution in [0, 0.1) is 0 Å². The van der Waals surface area contributed by atoms with Gasteiger partial charge in [-0.3, -0.25) is 14.5 Å². The highest BCUT2D eigenvalue weighted by Crippen LogP contribution is 2.23. The first kappa shape index (κ1) is 13.6. The number of imide groups is 1. The van der Waals surface area contributed by atoms with E-state index in [-0.39, 0.29) is 18.4 Å². The minimum Gasteiger partial charge on any atom is -0.465 e. The van der Waals surface area contributed by atoms with Crippen LogP contribution < -0.4 is 5.32 Å². The molecule has 7 nitrogen and oxygen atoms in total. The first-order valence-corrected chi connectivity index (χ1v) is 6.75. The molecule has 2 heterocycles. The fourth-order valence-corrected chi connectivity index (χ4v) is 2.79. The van der Waals surface area contributed by atoms with Gasteiger partial charge in [0, 0.05) is 19.6 Å². The van der Waals surface area contributed by atoms with Gasteiger partial charge in [-0.15, -0.1) is 0 Å². The van der Waals surface area contributed by atoms with Crippen LogP contribution >= 0.6 is 0 Å². The second-order valence-electron chi connectivity index (χ2n) is 5.10. The van der Waals surface area contributed by atoms with Crippen LogP contribution in [0.5, 0.6) is 0 Å². The number of carbonyl (C=O) groups is 3. The van der Waals surface area contributed by atoms with E-state index in [2.05, 4.69) is 5.32 Å². The van der Waals surface area contributed by atoms with E-state index < -0.39 is 12.1 Å². The molecule has 1 fully saturated rings. The summed E-state index contributed by atoms with van der Waals surface area (Å²) in [5.74, 6) is -0.710. The van der Waals surface area contributed by atoms with Gasteiger partial charge < -0.3 is 15.3 Å². The van der Waals surface area contributed by atoms with Gasteiger partial charge >= 0.3 is 6.09 Å². The number of carboxylic acid groups (broad SMARTS) is 1. The van der Waals surface area contributed by atoms with Crippen molar-refractivity contribution in [2.45, 2.75) is 6.04 Å². The maximum Gasteiger partial charge on any atom is 0.407 e. The van der Waals surface area contributed by atoms with Crippen LogP contribution in [-0.2, 0) is 0 Å². The van der Waals surface area contributed by atoms with Crippen LogP contribution in [0.4, 0.5) is 4.79 Å². The molecule has 3 rings (SSSR count). The summed E-state index contributed by atoms with van der Waals surface area (Å²) in [6.07, 6.45) is -1.03. The minimum absolute atomic E-state index is 0.0750. The Morgan fingerprint density at radius 1 is 1.24 bits per heavy atom. The van der Waals surface area contributed by atoms with Crippen LogP contribution in [0.3, 0.4) is 0 Å². The van der Waals surface area contributed by atoms with Gasteiger partial charge in [-0.2, -0.15) is 0 Å². The Balaban J connectivity index is 1.81. The monoisotopic (exact) mass is 289 g/mol. The van der Waals surface area contributed by atoms with Crippen LogP contribution in [0.1, 0.15) is 20.7 Å². The number of carbonyl (C=O) groups excluding carboxylic acids is 2. The topological polar surface area (TPSA) is 90.0 Å². The predicted octanol–water partition coefficient (Wildman–Crippen LogP) is 0.234. The number of hydrogen-bond donors (Lipinski definition) is 2. The molecule has 1 atom stereocenters. The molecule has 0 spiro atoms. The van der Waals surface area contributed by atoms with Crippen molar-refractivity contribution in [2.24, 2.45) is 0 Å². The van der Waals surface area contributed by atoms with Crippen LogP contribution in [0.25, 0.3) is 0 Å². The Morgan fingerprint density at radius 3 is 2.43 bits per heavy atom. The summed E-state index contributed by atoms with van der Waals surface area (Å²) in [5, 5.41) is 12.3. The Morgan fingerprint density at radius 2 is 1.86 bits per heavy atom. The van der Waals surface area contributed by atoms with E-state index in [0.29, 0.717) is 30.8 Å². The number of nitrogens with zero attached hydrogens (tertiary/aromatic N) is 2. The molecule has 3 amide bonds. The van der Waals surface area contributed by atoms with E-state index in [4.69, 9.17) is 0 Å². The molecule has 1 saturated heterocycles. The van der Waals surface area contributed by atoms with E-state index in [1.165, 1.54) is 4.90 Å². The highest BCUT2D eigenvalue weighted by Gasteiger charge is 2.38. The zero-order valence-electron chi connectivity index (χ0n) is 11.3. The number of piperazine rings is 1. The Bertz CT molecular complexity index is 581. The molecular weight excluding hydrogens is 274 g/mol. The number of benzene rings is 1. The van der Waals surface area contributed by atoms with E-state index >= 15 is 0 Å². The average Bonchev–Trinajstić information content (AvgIpc) is 2.73. The molecule has 1 aromatic carbocycles. The van der Waals surface area contributed by atoms with Gasteiger partial charge in [0.2, 0.25) is 0 Å². The van der Waals surface area contributed by atoms with Crippen molar-refractivity contribution in [3.8, 4) is 0 Å². The van der Waals surface area contributed by atoms with E-state index in [1.54, 1.807) is 24.3 Å². The van der Waals surface area contributed by atoms with Crippen molar-refractivity contribution in [3.05, 3.63) is 35.4 Å². The molecule has 2 N–H and O–H groups in total. The molecule has 0 radical (unpaired) electrons. The normalized spacial score (nSPS) is 21.6. The predicted molar refractivity (Wildman–Crippen MR) is 73.2 cm³/mol. The Labute approximate surface area is 121 Å². The zero-order chi connectivity index (χ0) is 15.0. The van der Waals surface area contributed by atoms with Gasteiger partial charge in [-0.25, -0.2) is 4.79 Å². The van der Waals surface area contributed by atoms with Crippen LogP contribution in [0.15, 0.2) is 24.3 Å². The molecule has 0 saturated carbocycles. The highest BCUT2D eigenvalue weighted by atomic mass is 16.4. The van der Waals surface area contributed by atoms with Crippen molar-refractivity contribution in [3.63, 3.8) is 0 Å². The summed E-state index contributed by atoms with van der Waals surface area (Å²) in [5.41, 5.74) is 0.765. The fourth-order valence-electron chi connectivity index (χ4n) is 2.79. The maximum absolute atomic E-state index is 12.3. The molecule has 0 aromatic heterocycles. The number of fused-ring (bicyclic) bond motifs is 1. The van der Waals surface area contributed by atoms with Crippen molar-refractivity contribution in [1.82, 2.24) is 15.1 Å². The van der Waals surface area contributed by atoms with Crippen molar-refractivity contribution >= 4 is 17.9 Å². The maximum atomic E-state index is 12.3. The molecule has 2 aliphatic rings. The third kappa shape index (κ3) is 2.25. The highest BCUT2D eigenvalue weighted by molar-refractivity contribution is 6.21. The van der Waals surface area contributed by atoms with Gasteiger partial charge in [0.05, 0.1) is 23.7 Å². The second-order valence-corrected chi connectivity index (χ2v) is 5.10. The zero-order valence-corrected chi connectivity index (χ0v) is 11.3. The third-order valence-corrected chi connectivity index (χ3v) is 3.87. The van der Waals surface area contributed by atoms with Gasteiger partial charge in [0.15, 0.2) is 0 Å². The molecule has 1 unspecified atom stereocenters. The molecule has 1 aromatic rings. The Kier molecular flexibility index (Phi) is 3.34. The SMILES string of the molecule is O=C1c2ccccc2C(=O)N1CC1CNCCN1C(=O)O. The van der Waals surface area contributed by atoms with Crippen molar-refractivity contribution in [1.29, 1.82) is 0 Å². The van der Waals surface area contributed by atoms with Crippen molar-refractivity contribution < 1.29 is 19.5 Å². The minimum atomic E-state index is -1.03. The fraction of sp³-hybridized carbons (Fsp3) is 0.357. The third-order valence-electron chi connectivity index (χ3n) is 3.87. The summed E-state index contributed by atoms with van der Waals surface area (Å²) >= 11 is 0. The standard InChI is InChI=1S/C14H15N3O4/c18-12-10-3-1-2-4-11(10)13(19)17(12)8-9-7-15-5-6-16(9)14(20)21/h1-4,9,15H,5-8H2,(H,20,21). The van der Waals surface area contributed by atoms with Crippen molar-refractivity contribution in [2.75, 3.05) is 26.2 Å². The summed E-state index contributed by atoms with van der Waals surface area (Å²) in [4.78, 5) is 38.2. The van der Waals surface area contributed by atoms with Gasteiger partial charge in [0.1, 0.15) is 0 Å². The average molecular weight is 289 g/mol. The summed E-state index contributed by atoms with van der Waals surface area (Å²) < 4.78 is 0. The molecule has 110 valence electrons. The first-order chi connectivity index (χ1) is 10.1. The van der Waals surface area contributed by atoms with E-state index in [0.717, 1.165) is 4.90 Å². The summed E-state index contributed by atoms with van der Waals surface area (Å²) in [7, 11) is 0. The van der Waals surface area contributed by atoms with Crippen LogP contribution in [-0.4, -0.2) is 65.0 Å². The quantitative estimate of drug-likeness (QED) is 0.761. The molecule has 2 aliphatic heterocycles. The molecule has 21 heavy (non-hydrogen) atoms. The molecular formula is C14H15N3O4. The largest absolute Gasteiger partial charge is 0.465 e. The Hall–Kier alpha value is -2.41. The lowest BCUT2D eigenvalue weighted by Crippen LogP contribution is -2.57. The second kappa shape index (κ2) is 5.17. The number of nitrogens with one attached hydrogen (secondary N) is 1. The molecule has 0 aliphatic carbocycles. The summed E-state index contributed by atoms with van der Waals surface area (Å²) in [6.45, 7) is 1.43. The lowest BCUT2D eigenvalue weighted by atomic mass is 10.1. The summed E-state index contributed by atoms with van der Waals surface area (Å²) in [6, 6.07) is 6.23. The van der Waals surface area contributed by atoms with Gasteiger partial charge in [-0.05, 0) is 12.1 Å². The number of amides is 3. The van der Waals surface area contributed by atoms with E-state index in [1.807, 2.05) is 0 Å². The first-order valence-electron chi connectivity index (χ1n) is 6.75. The van der Waals surface area contributed by atoms with E-state index in [9.17, 15) is 19.5 Å². The number of hydrogen-bond acceptors (Lipinski definition) is 4. The molecule has 0 bridgehead atoms.